The average Bonchev–Trinajstić information content (AvgIpc) is 2.49. The summed E-state index contributed by atoms with van der Waals surface area (Å²) in [6, 6.07) is 13.4. The molecule has 0 aliphatic heterocycles. The van der Waals surface area contributed by atoms with Gasteiger partial charge < -0.3 is 4.74 Å². The molecular formula is C16H16BrNO4S. The minimum Gasteiger partial charge on any atom is -0.481 e. The molecule has 0 aliphatic rings. The molecule has 2 aromatic rings. The SMILES string of the molecule is Cc1ccccc1S(=O)(=O)NC(=O)C(C)Oc1ccc(Br)cc1. The summed E-state index contributed by atoms with van der Waals surface area (Å²) in [6.07, 6.45) is -0.949. The number of ether oxygens (including phenoxy) is 1. The predicted molar refractivity (Wildman–Crippen MR) is 90.7 cm³/mol. The topological polar surface area (TPSA) is 72.5 Å². The number of aryl methyl sites for hydroxylation is 1. The van der Waals surface area contributed by atoms with Gasteiger partial charge in [-0.25, -0.2) is 13.1 Å². The molecule has 122 valence electrons. The third kappa shape index (κ3) is 4.56. The molecule has 0 radical (unpaired) electrons. The highest BCUT2D eigenvalue weighted by molar-refractivity contribution is 9.10. The zero-order chi connectivity index (χ0) is 17.0. The predicted octanol–water partition coefficient (Wildman–Crippen LogP) is 3.03. The molecule has 0 saturated heterocycles. The summed E-state index contributed by atoms with van der Waals surface area (Å²) in [5.74, 6) is -0.250. The fourth-order valence-corrected chi connectivity index (χ4v) is 3.45. The van der Waals surface area contributed by atoms with Gasteiger partial charge in [0.15, 0.2) is 6.10 Å². The summed E-state index contributed by atoms with van der Waals surface area (Å²) in [4.78, 5) is 12.2. The van der Waals surface area contributed by atoms with Crippen LogP contribution in [0, 0.1) is 6.92 Å². The van der Waals surface area contributed by atoms with E-state index < -0.39 is 22.0 Å². The second-order valence-electron chi connectivity index (χ2n) is 4.95. The van der Waals surface area contributed by atoms with Gasteiger partial charge >= 0.3 is 0 Å². The lowest BCUT2D eigenvalue weighted by Crippen LogP contribution is -2.40. The Kier molecular flexibility index (Phi) is 5.43. The Morgan fingerprint density at radius 2 is 1.74 bits per heavy atom. The van der Waals surface area contributed by atoms with E-state index in [4.69, 9.17) is 4.74 Å². The highest BCUT2D eigenvalue weighted by atomic mass is 79.9. The fraction of sp³-hybridized carbons (Fsp3) is 0.188. The molecule has 2 aromatic carbocycles. The third-order valence-corrected chi connectivity index (χ3v) is 5.15. The van der Waals surface area contributed by atoms with Gasteiger partial charge in [0.05, 0.1) is 4.90 Å². The number of amides is 1. The number of halogens is 1. The number of nitrogens with one attached hydrogen (secondary N) is 1. The van der Waals surface area contributed by atoms with Gasteiger partial charge in [0.2, 0.25) is 0 Å². The van der Waals surface area contributed by atoms with E-state index in [1.165, 1.54) is 13.0 Å². The van der Waals surface area contributed by atoms with Crippen LogP contribution in [-0.2, 0) is 14.8 Å². The van der Waals surface area contributed by atoms with Crippen LogP contribution in [0.1, 0.15) is 12.5 Å². The van der Waals surface area contributed by atoms with E-state index in [-0.39, 0.29) is 4.90 Å². The number of carbonyl (C=O) groups is 1. The minimum atomic E-state index is -3.92. The van der Waals surface area contributed by atoms with E-state index in [0.29, 0.717) is 11.3 Å². The van der Waals surface area contributed by atoms with Gasteiger partial charge in [-0.05, 0) is 49.7 Å². The zero-order valence-electron chi connectivity index (χ0n) is 12.6. The van der Waals surface area contributed by atoms with Crippen molar-refractivity contribution >= 4 is 31.9 Å². The molecular weight excluding hydrogens is 382 g/mol. The van der Waals surface area contributed by atoms with Crippen LogP contribution < -0.4 is 9.46 Å². The minimum absolute atomic E-state index is 0.0733. The summed E-state index contributed by atoms with van der Waals surface area (Å²) in [7, 11) is -3.92. The first-order valence-electron chi connectivity index (χ1n) is 6.84. The molecule has 0 aliphatic carbocycles. The fourth-order valence-electron chi connectivity index (χ4n) is 1.90. The molecule has 7 heteroatoms. The van der Waals surface area contributed by atoms with Crippen molar-refractivity contribution in [1.82, 2.24) is 4.72 Å². The summed E-state index contributed by atoms with van der Waals surface area (Å²) in [5.41, 5.74) is 0.564. The number of hydrogen-bond donors (Lipinski definition) is 1. The summed E-state index contributed by atoms with van der Waals surface area (Å²) in [5, 5.41) is 0. The van der Waals surface area contributed by atoms with Crippen LogP contribution in [0.5, 0.6) is 5.75 Å². The molecule has 0 heterocycles. The molecule has 0 bridgehead atoms. The third-order valence-electron chi connectivity index (χ3n) is 3.11. The van der Waals surface area contributed by atoms with Crippen LogP contribution in [0.4, 0.5) is 0 Å². The van der Waals surface area contributed by atoms with E-state index in [9.17, 15) is 13.2 Å². The Labute approximate surface area is 143 Å². The van der Waals surface area contributed by atoms with E-state index in [0.717, 1.165) is 4.47 Å². The van der Waals surface area contributed by atoms with Crippen molar-refractivity contribution in [1.29, 1.82) is 0 Å². The molecule has 23 heavy (non-hydrogen) atoms. The van der Waals surface area contributed by atoms with Gasteiger partial charge in [-0.2, -0.15) is 0 Å². The molecule has 0 fully saturated rings. The number of hydrogen-bond acceptors (Lipinski definition) is 4. The quantitative estimate of drug-likeness (QED) is 0.841. The Morgan fingerprint density at radius 3 is 2.35 bits per heavy atom. The van der Waals surface area contributed by atoms with Crippen molar-refractivity contribution in [2.75, 3.05) is 0 Å². The maximum Gasteiger partial charge on any atom is 0.274 e. The maximum absolute atomic E-state index is 12.3. The summed E-state index contributed by atoms with van der Waals surface area (Å²) < 4.78 is 32.9. The molecule has 0 spiro atoms. The van der Waals surface area contributed by atoms with Crippen molar-refractivity contribution in [3.63, 3.8) is 0 Å². The maximum atomic E-state index is 12.3. The van der Waals surface area contributed by atoms with Crippen molar-refractivity contribution in [2.45, 2.75) is 24.8 Å². The summed E-state index contributed by atoms with van der Waals surface area (Å²) >= 11 is 3.30. The van der Waals surface area contributed by atoms with Gasteiger partial charge in [0, 0.05) is 4.47 Å². The molecule has 1 atom stereocenters. The van der Waals surface area contributed by atoms with E-state index in [2.05, 4.69) is 15.9 Å². The average molecular weight is 398 g/mol. The Morgan fingerprint density at radius 1 is 1.13 bits per heavy atom. The van der Waals surface area contributed by atoms with Crippen molar-refractivity contribution in [2.24, 2.45) is 0 Å². The number of benzene rings is 2. The van der Waals surface area contributed by atoms with Gasteiger partial charge in [-0.1, -0.05) is 34.1 Å². The number of rotatable bonds is 5. The van der Waals surface area contributed by atoms with Crippen molar-refractivity contribution in [3.05, 3.63) is 58.6 Å². The van der Waals surface area contributed by atoms with Crippen molar-refractivity contribution in [3.8, 4) is 5.75 Å². The van der Waals surface area contributed by atoms with E-state index in [1.54, 1.807) is 49.4 Å². The Bertz CT molecular complexity index is 803. The highest BCUT2D eigenvalue weighted by Crippen LogP contribution is 2.18. The second-order valence-corrected chi connectivity index (χ2v) is 7.52. The van der Waals surface area contributed by atoms with Gasteiger partial charge in [0.25, 0.3) is 15.9 Å². The van der Waals surface area contributed by atoms with Crippen molar-refractivity contribution < 1.29 is 17.9 Å². The molecule has 5 nitrogen and oxygen atoms in total. The standard InChI is InChI=1S/C16H16BrNO4S/c1-11-5-3-4-6-15(11)23(20,21)18-16(19)12(2)22-14-9-7-13(17)8-10-14/h3-10,12H,1-2H3,(H,18,19). The molecule has 2 rings (SSSR count). The Hall–Kier alpha value is -1.86. The first kappa shape index (κ1) is 17.5. The highest BCUT2D eigenvalue weighted by Gasteiger charge is 2.23. The van der Waals surface area contributed by atoms with Crippen LogP contribution in [0.2, 0.25) is 0 Å². The normalized spacial score (nSPS) is 12.5. The van der Waals surface area contributed by atoms with Crippen LogP contribution in [-0.4, -0.2) is 20.4 Å². The van der Waals surface area contributed by atoms with Gasteiger partial charge in [-0.3, -0.25) is 4.79 Å². The van der Waals surface area contributed by atoms with Crippen LogP contribution in [0.15, 0.2) is 57.9 Å². The first-order valence-corrected chi connectivity index (χ1v) is 9.12. The molecule has 0 saturated carbocycles. The molecule has 0 aromatic heterocycles. The van der Waals surface area contributed by atoms with Gasteiger partial charge in [0.1, 0.15) is 5.75 Å². The largest absolute Gasteiger partial charge is 0.481 e. The van der Waals surface area contributed by atoms with Crippen LogP contribution in [0.25, 0.3) is 0 Å². The lowest BCUT2D eigenvalue weighted by atomic mass is 10.2. The second kappa shape index (κ2) is 7.14. The van der Waals surface area contributed by atoms with Crippen LogP contribution >= 0.6 is 15.9 Å². The smallest absolute Gasteiger partial charge is 0.274 e. The van der Waals surface area contributed by atoms with Crippen LogP contribution in [0.3, 0.4) is 0 Å². The van der Waals surface area contributed by atoms with Gasteiger partial charge in [-0.15, -0.1) is 0 Å². The number of sulfonamides is 1. The monoisotopic (exact) mass is 397 g/mol. The zero-order valence-corrected chi connectivity index (χ0v) is 15.0. The summed E-state index contributed by atoms with van der Waals surface area (Å²) in [6.45, 7) is 3.16. The molecule has 1 unspecified atom stereocenters. The molecule has 1 N–H and O–H groups in total. The van der Waals surface area contributed by atoms with E-state index in [1.807, 2.05) is 4.72 Å². The number of carbonyl (C=O) groups excluding carboxylic acids is 1. The lowest BCUT2D eigenvalue weighted by Gasteiger charge is -2.15. The first-order chi connectivity index (χ1) is 10.8. The molecule has 1 amide bonds. The van der Waals surface area contributed by atoms with E-state index >= 15 is 0 Å². The lowest BCUT2D eigenvalue weighted by molar-refractivity contribution is -0.125. The Balaban J connectivity index is 2.08.